The molecule has 0 unspecified atom stereocenters. The number of H-pyrrole nitrogens is 1. The largest absolute Gasteiger partial charge is 0.486 e. The van der Waals surface area contributed by atoms with Gasteiger partial charge in [0.2, 0.25) is 0 Å². The lowest BCUT2D eigenvalue weighted by Gasteiger charge is -2.17. The highest BCUT2D eigenvalue weighted by molar-refractivity contribution is 6.34. The van der Waals surface area contributed by atoms with Crippen molar-refractivity contribution in [3.8, 4) is 22.9 Å². The molecular formula is C22H16ClN3O3. The van der Waals surface area contributed by atoms with Gasteiger partial charge in [-0.25, -0.2) is 4.98 Å². The summed E-state index contributed by atoms with van der Waals surface area (Å²) in [7, 11) is 0. The van der Waals surface area contributed by atoms with E-state index in [1.54, 1.807) is 24.3 Å². The van der Waals surface area contributed by atoms with E-state index >= 15 is 0 Å². The molecule has 0 saturated carbocycles. The third-order valence-corrected chi connectivity index (χ3v) is 4.99. The predicted octanol–water partition coefficient (Wildman–Crippen LogP) is 4.91. The molecular weight excluding hydrogens is 390 g/mol. The molecule has 1 aromatic heterocycles. The van der Waals surface area contributed by atoms with Gasteiger partial charge in [-0.05, 0) is 24.3 Å². The van der Waals surface area contributed by atoms with Gasteiger partial charge in [0, 0.05) is 23.4 Å². The van der Waals surface area contributed by atoms with Crippen LogP contribution in [0.5, 0.6) is 11.5 Å². The maximum Gasteiger partial charge on any atom is 0.257 e. The van der Waals surface area contributed by atoms with Crippen molar-refractivity contribution in [2.75, 3.05) is 18.5 Å². The highest BCUT2D eigenvalue weighted by atomic mass is 35.5. The van der Waals surface area contributed by atoms with Crippen LogP contribution in [0.3, 0.4) is 0 Å². The van der Waals surface area contributed by atoms with Gasteiger partial charge in [0.1, 0.15) is 19.0 Å². The molecule has 29 heavy (non-hydrogen) atoms. The SMILES string of the molecule is O=C(Nc1cccc(-c2nc3cc4c(cc3[nH]2)OCCO4)c1)c1ccccc1Cl. The number of carbonyl (C=O) groups is 1. The molecule has 7 heteroatoms. The van der Waals surface area contributed by atoms with Crippen LogP contribution in [-0.2, 0) is 0 Å². The van der Waals surface area contributed by atoms with Gasteiger partial charge in [-0.3, -0.25) is 4.79 Å². The predicted molar refractivity (Wildman–Crippen MR) is 112 cm³/mol. The maximum absolute atomic E-state index is 12.5. The lowest BCUT2D eigenvalue weighted by atomic mass is 10.1. The summed E-state index contributed by atoms with van der Waals surface area (Å²) in [5.41, 5.74) is 3.57. The van der Waals surface area contributed by atoms with Crippen LogP contribution in [0.4, 0.5) is 5.69 Å². The Morgan fingerprint density at radius 2 is 1.79 bits per heavy atom. The standard InChI is InChI=1S/C22H16ClN3O3/c23-16-7-2-1-6-15(16)22(27)24-14-5-3-4-13(10-14)21-25-17-11-19-20(12-18(17)26-21)29-9-8-28-19/h1-7,10-12H,8-9H2,(H,24,27)(H,25,26). The van der Waals surface area contributed by atoms with Crippen molar-refractivity contribution in [1.82, 2.24) is 9.97 Å². The van der Waals surface area contributed by atoms with E-state index in [1.807, 2.05) is 36.4 Å². The van der Waals surface area contributed by atoms with E-state index in [4.69, 9.17) is 21.1 Å². The second-order valence-corrected chi connectivity index (χ2v) is 7.02. The third kappa shape index (κ3) is 3.39. The zero-order valence-corrected chi connectivity index (χ0v) is 16.0. The minimum Gasteiger partial charge on any atom is -0.486 e. The van der Waals surface area contributed by atoms with E-state index in [2.05, 4.69) is 15.3 Å². The van der Waals surface area contributed by atoms with E-state index in [0.29, 0.717) is 46.8 Å². The molecule has 1 aliphatic rings. The lowest BCUT2D eigenvalue weighted by Crippen LogP contribution is -2.15. The minimum absolute atomic E-state index is 0.265. The van der Waals surface area contributed by atoms with Crippen molar-refractivity contribution < 1.29 is 14.3 Å². The number of nitrogens with one attached hydrogen (secondary N) is 2. The fourth-order valence-corrected chi connectivity index (χ4v) is 3.49. The van der Waals surface area contributed by atoms with Crippen LogP contribution < -0.4 is 14.8 Å². The molecule has 5 rings (SSSR count). The van der Waals surface area contributed by atoms with Gasteiger partial charge >= 0.3 is 0 Å². The van der Waals surface area contributed by atoms with Crippen molar-refractivity contribution in [2.24, 2.45) is 0 Å². The first-order valence-corrected chi connectivity index (χ1v) is 9.51. The topological polar surface area (TPSA) is 76.2 Å². The first-order valence-electron chi connectivity index (χ1n) is 9.13. The molecule has 144 valence electrons. The van der Waals surface area contributed by atoms with Crippen LogP contribution in [0.15, 0.2) is 60.7 Å². The number of carbonyl (C=O) groups excluding carboxylic acids is 1. The fourth-order valence-electron chi connectivity index (χ4n) is 3.27. The number of imidazole rings is 1. The molecule has 1 amide bonds. The van der Waals surface area contributed by atoms with E-state index < -0.39 is 0 Å². The van der Waals surface area contributed by atoms with E-state index in [-0.39, 0.29) is 5.91 Å². The smallest absolute Gasteiger partial charge is 0.257 e. The van der Waals surface area contributed by atoms with Crippen LogP contribution in [0.25, 0.3) is 22.4 Å². The van der Waals surface area contributed by atoms with Gasteiger partial charge in [-0.15, -0.1) is 0 Å². The molecule has 2 heterocycles. The molecule has 1 aliphatic heterocycles. The molecule has 0 radical (unpaired) electrons. The summed E-state index contributed by atoms with van der Waals surface area (Å²) in [4.78, 5) is 20.5. The number of ether oxygens (including phenoxy) is 2. The van der Waals surface area contributed by atoms with E-state index in [9.17, 15) is 4.79 Å². The monoisotopic (exact) mass is 405 g/mol. The number of hydrogen-bond acceptors (Lipinski definition) is 4. The summed E-state index contributed by atoms with van der Waals surface area (Å²) < 4.78 is 11.3. The maximum atomic E-state index is 12.5. The number of benzene rings is 3. The Morgan fingerprint density at radius 1 is 1.00 bits per heavy atom. The molecule has 4 aromatic rings. The number of hydrogen-bond donors (Lipinski definition) is 2. The van der Waals surface area contributed by atoms with Crippen molar-refractivity contribution in [2.45, 2.75) is 0 Å². The van der Waals surface area contributed by atoms with Crippen LogP contribution in [-0.4, -0.2) is 29.1 Å². The summed E-state index contributed by atoms with van der Waals surface area (Å²) in [6.07, 6.45) is 0. The Hall–Kier alpha value is -3.51. The average Bonchev–Trinajstić information content (AvgIpc) is 3.15. The van der Waals surface area contributed by atoms with Crippen molar-refractivity contribution in [3.63, 3.8) is 0 Å². The second kappa shape index (κ2) is 7.14. The molecule has 0 bridgehead atoms. The normalized spacial score (nSPS) is 12.7. The number of fused-ring (bicyclic) bond motifs is 2. The van der Waals surface area contributed by atoms with Gasteiger partial charge < -0.3 is 19.8 Å². The number of aromatic amines is 1. The molecule has 0 fully saturated rings. The Bertz CT molecular complexity index is 1190. The third-order valence-electron chi connectivity index (χ3n) is 4.66. The van der Waals surface area contributed by atoms with Gasteiger partial charge in [0.05, 0.1) is 21.6 Å². The number of halogens is 1. The molecule has 3 aromatic carbocycles. The molecule has 2 N–H and O–H groups in total. The number of nitrogens with zero attached hydrogens (tertiary/aromatic N) is 1. The highest BCUT2D eigenvalue weighted by Crippen LogP contribution is 2.35. The fraction of sp³-hybridized carbons (Fsp3) is 0.0909. The number of rotatable bonds is 3. The van der Waals surface area contributed by atoms with Crippen molar-refractivity contribution in [3.05, 3.63) is 71.2 Å². The lowest BCUT2D eigenvalue weighted by molar-refractivity contribution is 0.102. The zero-order valence-electron chi connectivity index (χ0n) is 15.2. The van der Waals surface area contributed by atoms with E-state index in [1.165, 1.54) is 0 Å². The average molecular weight is 406 g/mol. The summed E-state index contributed by atoms with van der Waals surface area (Å²) in [6, 6.07) is 18.2. The number of aromatic nitrogens is 2. The Morgan fingerprint density at radius 3 is 2.62 bits per heavy atom. The summed E-state index contributed by atoms with van der Waals surface area (Å²) in [5, 5.41) is 3.29. The van der Waals surface area contributed by atoms with Gasteiger partial charge in [0.15, 0.2) is 11.5 Å². The van der Waals surface area contributed by atoms with Gasteiger partial charge in [-0.1, -0.05) is 35.9 Å². The van der Waals surface area contributed by atoms with Crippen LogP contribution in [0, 0.1) is 0 Å². The first kappa shape index (κ1) is 17.6. The first-order chi connectivity index (χ1) is 14.2. The molecule has 0 spiro atoms. The Balaban J connectivity index is 1.45. The summed E-state index contributed by atoms with van der Waals surface area (Å²) in [6.45, 7) is 1.07. The zero-order chi connectivity index (χ0) is 19.8. The van der Waals surface area contributed by atoms with Crippen LogP contribution in [0.2, 0.25) is 5.02 Å². The summed E-state index contributed by atoms with van der Waals surface area (Å²) >= 11 is 6.12. The minimum atomic E-state index is -0.265. The van der Waals surface area contributed by atoms with Gasteiger partial charge in [0.25, 0.3) is 5.91 Å². The number of anilines is 1. The van der Waals surface area contributed by atoms with E-state index in [0.717, 1.165) is 16.6 Å². The Kier molecular flexibility index (Phi) is 4.33. The summed E-state index contributed by atoms with van der Waals surface area (Å²) in [5.74, 6) is 1.83. The Labute approximate surface area is 171 Å². The van der Waals surface area contributed by atoms with Crippen LogP contribution >= 0.6 is 11.6 Å². The quantitative estimate of drug-likeness (QED) is 0.508. The highest BCUT2D eigenvalue weighted by Gasteiger charge is 2.16. The van der Waals surface area contributed by atoms with Gasteiger partial charge in [-0.2, -0.15) is 0 Å². The number of amides is 1. The van der Waals surface area contributed by atoms with Crippen LogP contribution in [0.1, 0.15) is 10.4 Å². The molecule has 0 saturated heterocycles. The van der Waals surface area contributed by atoms with Crippen molar-refractivity contribution in [1.29, 1.82) is 0 Å². The second-order valence-electron chi connectivity index (χ2n) is 6.61. The molecule has 6 nitrogen and oxygen atoms in total. The molecule has 0 atom stereocenters. The molecule has 0 aliphatic carbocycles. The van der Waals surface area contributed by atoms with Crippen molar-refractivity contribution >= 4 is 34.2 Å².